The summed E-state index contributed by atoms with van der Waals surface area (Å²) >= 11 is 0. The summed E-state index contributed by atoms with van der Waals surface area (Å²) < 4.78 is 5.97. The summed E-state index contributed by atoms with van der Waals surface area (Å²) in [6.07, 6.45) is 0.198. The fourth-order valence-electron chi connectivity index (χ4n) is 4.30. The molecule has 0 saturated carbocycles. The summed E-state index contributed by atoms with van der Waals surface area (Å²) in [5, 5.41) is 12.3. The van der Waals surface area contributed by atoms with Gasteiger partial charge in [-0.15, -0.1) is 0 Å². The van der Waals surface area contributed by atoms with Gasteiger partial charge in [0.05, 0.1) is 11.4 Å². The Morgan fingerprint density at radius 2 is 1.87 bits per heavy atom. The Bertz CT molecular complexity index is 1460. The summed E-state index contributed by atoms with van der Waals surface area (Å²) in [5.41, 5.74) is 4.40. The van der Waals surface area contributed by atoms with E-state index < -0.39 is 5.92 Å². The van der Waals surface area contributed by atoms with E-state index >= 15 is 0 Å². The highest BCUT2D eigenvalue weighted by atomic mass is 16.3. The van der Waals surface area contributed by atoms with Crippen molar-refractivity contribution < 1.29 is 14.0 Å². The number of amides is 1. The van der Waals surface area contributed by atoms with Crippen molar-refractivity contribution in [2.45, 2.75) is 12.3 Å². The third kappa shape index (κ3) is 2.84. The van der Waals surface area contributed by atoms with E-state index in [4.69, 9.17) is 4.42 Å². The number of aromatic nitrogens is 2. The van der Waals surface area contributed by atoms with Crippen molar-refractivity contribution in [1.29, 1.82) is 0 Å². The van der Waals surface area contributed by atoms with Crippen molar-refractivity contribution in [2.75, 3.05) is 5.32 Å². The van der Waals surface area contributed by atoms with E-state index in [0.717, 1.165) is 27.4 Å². The lowest BCUT2D eigenvalue weighted by atomic mass is 10.0. The molecule has 2 N–H and O–H groups in total. The molecular formula is C25H17N3O3. The van der Waals surface area contributed by atoms with Crippen LogP contribution in [0.1, 0.15) is 28.3 Å². The van der Waals surface area contributed by atoms with Crippen molar-refractivity contribution in [2.24, 2.45) is 0 Å². The second kappa shape index (κ2) is 6.67. The maximum Gasteiger partial charge on any atom is 0.232 e. The minimum absolute atomic E-state index is 0.00760. The van der Waals surface area contributed by atoms with Gasteiger partial charge in [0.2, 0.25) is 5.91 Å². The molecule has 1 aliphatic rings. The molecule has 0 spiro atoms. The quantitative estimate of drug-likeness (QED) is 0.426. The molecule has 3 aromatic carbocycles. The number of para-hydroxylation sites is 1. The first-order valence-corrected chi connectivity index (χ1v) is 10.1. The van der Waals surface area contributed by atoms with Crippen molar-refractivity contribution in [1.82, 2.24) is 10.2 Å². The molecule has 0 bridgehead atoms. The molecule has 2 heterocycles. The van der Waals surface area contributed by atoms with Gasteiger partial charge in [0.15, 0.2) is 11.5 Å². The molecule has 1 atom stereocenters. The van der Waals surface area contributed by atoms with Gasteiger partial charge in [-0.2, -0.15) is 5.10 Å². The van der Waals surface area contributed by atoms with E-state index in [9.17, 15) is 9.59 Å². The van der Waals surface area contributed by atoms with Crippen LogP contribution in [0.3, 0.4) is 0 Å². The Kier molecular flexibility index (Phi) is 3.80. The van der Waals surface area contributed by atoms with E-state index in [-0.39, 0.29) is 18.1 Å². The number of nitrogens with zero attached hydrogens (tertiary/aromatic N) is 1. The fourth-order valence-corrected chi connectivity index (χ4v) is 4.30. The number of fused-ring (bicyclic) bond motifs is 3. The van der Waals surface area contributed by atoms with Gasteiger partial charge >= 0.3 is 0 Å². The third-order valence-electron chi connectivity index (χ3n) is 5.83. The van der Waals surface area contributed by atoms with E-state index in [1.807, 2.05) is 66.7 Å². The van der Waals surface area contributed by atoms with E-state index in [1.54, 1.807) is 6.07 Å². The van der Waals surface area contributed by atoms with Gasteiger partial charge in [-0.1, -0.05) is 42.5 Å². The van der Waals surface area contributed by atoms with Gasteiger partial charge in [0.25, 0.3) is 0 Å². The first-order chi connectivity index (χ1) is 15.2. The molecular weight excluding hydrogens is 390 g/mol. The molecule has 31 heavy (non-hydrogen) atoms. The van der Waals surface area contributed by atoms with Gasteiger partial charge in [0, 0.05) is 28.4 Å². The lowest BCUT2D eigenvalue weighted by Gasteiger charge is -2.12. The molecule has 5 aromatic rings. The highest BCUT2D eigenvalue weighted by Gasteiger charge is 2.34. The topological polar surface area (TPSA) is 88.0 Å². The second-order valence-electron chi connectivity index (χ2n) is 7.74. The summed E-state index contributed by atoms with van der Waals surface area (Å²) in [4.78, 5) is 25.2. The number of aromatic amines is 1. The van der Waals surface area contributed by atoms with Gasteiger partial charge in [-0.05, 0) is 35.9 Å². The van der Waals surface area contributed by atoms with Crippen LogP contribution in [0, 0.1) is 0 Å². The zero-order chi connectivity index (χ0) is 20.9. The monoisotopic (exact) mass is 407 g/mol. The number of furan rings is 1. The molecule has 1 unspecified atom stereocenters. The maximum absolute atomic E-state index is 13.0. The van der Waals surface area contributed by atoms with Crippen LogP contribution in [0.4, 0.5) is 5.69 Å². The molecule has 2 aromatic heterocycles. The predicted octanol–water partition coefficient (Wildman–Crippen LogP) is 5.28. The number of anilines is 1. The zero-order valence-corrected chi connectivity index (χ0v) is 16.4. The molecule has 0 saturated heterocycles. The zero-order valence-electron chi connectivity index (χ0n) is 16.4. The highest BCUT2D eigenvalue weighted by molar-refractivity contribution is 6.10. The van der Waals surface area contributed by atoms with Crippen LogP contribution in [-0.2, 0) is 4.79 Å². The summed E-state index contributed by atoms with van der Waals surface area (Å²) in [5.74, 6) is 0.00414. The Hall–Kier alpha value is -4.19. The SMILES string of the molecule is O=C1CC(C(=O)Nc2ccc3[nH]nc(-c4cc5ccccc5o4)c3c2)c2ccccc21. The van der Waals surface area contributed by atoms with Gasteiger partial charge < -0.3 is 9.73 Å². The van der Waals surface area contributed by atoms with Crippen LogP contribution in [0.25, 0.3) is 33.3 Å². The Balaban J connectivity index is 1.34. The molecule has 0 radical (unpaired) electrons. The number of hydrogen-bond acceptors (Lipinski definition) is 4. The lowest BCUT2D eigenvalue weighted by Crippen LogP contribution is -2.19. The van der Waals surface area contributed by atoms with Crippen molar-refractivity contribution in [3.8, 4) is 11.5 Å². The van der Waals surface area contributed by atoms with Crippen LogP contribution in [0.5, 0.6) is 0 Å². The number of hydrogen-bond donors (Lipinski definition) is 2. The molecule has 1 aliphatic carbocycles. The predicted molar refractivity (Wildman–Crippen MR) is 118 cm³/mol. The summed E-state index contributed by atoms with van der Waals surface area (Å²) in [6, 6.07) is 22.6. The normalized spacial score (nSPS) is 15.5. The van der Waals surface area contributed by atoms with E-state index in [0.29, 0.717) is 22.7 Å². The van der Waals surface area contributed by atoms with Crippen LogP contribution < -0.4 is 5.32 Å². The van der Waals surface area contributed by atoms with Crippen molar-refractivity contribution in [3.63, 3.8) is 0 Å². The van der Waals surface area contributed by atoms with Gasteiger partial charge in [-0.3, -0.25) is 14.7 Å². The number of ketones is 1. The van der Waals surface area contributed by atoms with Gasteiger partial charge in [0.1, 0.15) is 11.3 Å². The van der Waals surface area contributed by atoms with Crippen LogP contribution in [0.15, 0.2) is 77.2 Å². The smallest absolute Gasteiger partial charge is 0.232 e. The van der Waals surface area contributed by atoms with Crippen LogP contribution >= 0.6 is 0 Å². The molecule has 1 amide bonds. The lowest BCUT2D eigenvalue weighted by molar-refractivity contribution is -0.117. The number of Topliss-reactive ketones (excluding diaryl/α,β-unsaturated/α-hetero) is 1. The first-order valence-electron chi connectivity index (χ1n) is 10.1. The van der Waals surface area contributed by atoms with Crippen LogP contribution in [0.2, 0.25) is 0 Å². The Morgan fingerprint density at radius 1 is 1.03 bits per heavy atom. The number of H-pyrrole nitrogens is 1. The highest BCUT2D eigenvalue weighted by Crippen LogP contribution is 2.35. The van der Waals surface area contributed by atoms with Gasteiger partial charge in [-0.25, -0.2) is 0 Å². The number of carbonyl (C=O) groups excluding carboxylic acids is 2. The molecule has 6 heteroatoms. The molecule has 150 valence electrons. The Morgan fingerprint density at radius 3 is 2.77 bits per heavy atom. The minimum atomic E-state index is -0.474. The molecule has 0 fully saturated rings. The Labute approximate surface area is 176 Å². The first kappa shape index (κ1) is 17.7. The van der Waals surface area contributed by atoms with Crippen LogP contribution in [-0.4, -0.2) is 21.9 Å². The average Bonchev–Trinajstić information content (AvgIpc) is 3.48. The maximum atomic E-state index is 13.0. The second-order valence-corrected chi connectivity index (χ2v) is 7.74. The minimum Gasteiger partial charge on any atom is -0.454 e. The largest absolute Gasteiger partial charge is 0.454 e. The standard InChI is InChI=1S/C25H17N3O3/c29-21-13-18(16-6-2-3-7-17(16)21)25(30)26-15-9-10-20-19(12-15)24(28-27-20)23-11-14-5-1-4-8-22(14)31-23/h1-12,18H,13H2,(H,26,30)(H,27,28). The number of rotatable bonds is 3. The number of carbonyl (C=O) groups is 2. The third-order valence-corrected chi connectivity index (χ3v) is 5.83. The molecule has 6 rings (SSSR count). The number of benzene rings is 3. The van der Waals surface area contributed by atoms with E-state index in [2.05, 4.69) is 15.5 Å². The van der Waals surface area contributed by atoms with Crippen molar-refractivity contribution in [3.05, 3.63) is 83.9 Å². The van der Waals surface area contributed by atoms with E-state index in [1.165, 1.54) is 0 Å². The van der Waals surface area contributed by atoms with Crippen molar-refractivity contribution >= 4 is 39.2 Å². The summed E-state index contributed by atoms with van der Waals surface area (Å²) in [7, 11) is 0. The molecule has 0 aliphatic heterocycles. The summed E-state index contributed by atoms with van der Waals surface area (Å²) in [6.45, 7) is 0. The fraction of sp³-hybridized carbons (Fsp3) is 0.0800. The number of nitrogens with one attached hydrogen (secondary N) is 2. The average molecular weight is 407 g/mol. The molecule has 6 nitrogen and oxygen atoms in total.